The highest BCUT2D eigenvalue weighted by atomic mass is 35.5. The molecule has 0 spiro atoms. The Morgan fingerprint density at radius 2 is 2.09 bits per heavy atom. The summed E-state index contributed by atoms with van der Waals surface area (Å²) in [6, 6.07) is 4.70. The van der Waals surface area contributed by atoms with E-state index in [0.717, 1.165) is 19.3 Å². The number of nitrogens with zero attached hydrogens (tertiary/aromatic N) is 1. The molecule has 3 rings (SSSR count). The van der Waals surface area contributed by atoms with Gasteiger partial charge in [0.15, 0.2) is 0 Å². The van der Waals surface area contributed by atoms with E-state index in [9.17, 15) is 8.42 Å². The van der Waals surface area contributed by atoms with Crippen LogP contribution in [0.1, 0.15) is 19.3 Å². The number of rotatable bonds is 3. The molecule has 0 amide bonds. The Kier molecular flexibility index (Phi) is 4.38. The third kappa shape index (κ3) is 2.73. The number of methoxy groups -OCH3 is 1. The monoisotopic (exact) mass is 344 g/mol. The van der Waals surface area contributed by atoms with E-state index in [4.69, 9.17) is 22.1 Å². The molecule has 1 heterocycles. The molecule has 22 heavy (non-hydrogen) atoms. The molecule has 0 aromatic heterocycles. The van der Waals surface area contributed by atoms with Crippen LogP contribution in [0.25, 0.3) is 0 Å². The number of hydrogen-bond donors (Lipinski definition) is 1. The van der Waals surface area contributed by atoms with Gasteiger partial charge in [-0.15, -0.1) is 0 Å². The summed E-state index contributed by atoms with van der Waals surface area (Å²) in [7, 11) is -2.03. The Balaban J connectivity index is 1.86. The summed E-state index contributed by atoms with van der Waals surface area (Å²) in [6.45, 7) is 1.07. The van der Waals surface area contributed by atoms with E-state index in [1.165, 1.54) is 13.2 Å². The number of ether oxygens (including phenoxy) is 1. The Bertz CT molecular complexity index is 665. The molecule has 1 aliphatic heterocycles. The first-order valence-corrected chi connectivity index (χ1v) is 9.34. The lowest BCUT2D eigenvalue weighted by molar-refractivity contribution is 0.260. The van der Waals surface area contributed by atoms with Crippen LogP contribution in [0.2, 0.25) is 5.02 Å². The SMILES string of the molecule is COc1ccc(S(=O)(=O)N2CC3CCCC(N)C3C2)cc1Cl. The van der Waals surface area contributed by atoms with Crippen molar-refractivity contribution in [3.63, 3.8) is 0 Å². The van der Waals surface area contributed by atoms with Crippen molar-refractivity contribution in [3.8, 4) is 5.75 Å². The molecule has 0 bridgehead atoms. The van der Waals surface area contributed by atoms with Gasteiger partial charge in [-0.05, 0) is 42.9 Å². The maximum atomic E-state index is 12.8. The van der Waals surface area contributed by atoms with Crippen molar-refractivity contribution in [3.05, 3.63) is 23.2 Å². The van der Waals surface area contributed by atoms with Gasteiger partial charge in [0.25, 0.3) is 0 Å². The van der Waals surface area contributed by atoms with Crippen molar-refractivity contribution in [1.29, 1.82) is 0 Å². The van der Waals surface area contributed by atoms with E-state index >= 15 is 0 Å². The first-order valence-electron chi connectivity index (χ1n) is 7.52. The molecule has 1 aromatic carbocycles. The van der Waals surface area contributed by atoms with Crippen molar-refractivity contribution in [2.24, 2.45) is 17.6 Å². The summed E-state index contributed by atoms with van der Waals surface area (Å²) >= 11 is 6.06. The van der Waals surface area contributed by atoms with Gasteiger partial charge < -0.3 is 10.5 Å². The predicted molar refractivity (Wildman–Crippen MR) is 85.6 cm³/mol. The highest BCUT2D eigenvalue weighted by Crippen LogP contribution is 2.38. The fourth-order valence-electron chi connectivity index (χ4n) is 3.63. The summed E-state index contributed by atoms with van der Waals surface area (Å²) in [4.78, 5) is 0.213. The molecule has 7 heteroatoms. The molecule has 3 atom stereocenters. The van der Waals surface area contributed by atoms with Crippen molar-refractivity contribution >= 4 is 21.6 Å². The lowest BCUT2D eigenvalue weighted by Gasteiger charge is -2.29. The zero-order valence-electron chi connectivity index (χ0n) is 12.5. The van der Waals surface area contributed by atoms with Crippen LogP contribution in [0, 0.1) is 11.8 Å². The summed E-state index contributed by atoms with van der Waals surface area (Å²) in [5.74, 6) is 1.13. The Morgan fingerprint density at radius 3 is 2.73 bits per heavy atom. The average Bonchev–Trinajstić information content (AvgIpc) is 2.93. The van der Waals surface area contributed by atoms with Crippen LogP contribution in [-0.2, 0) is 10.0 Å². The quantitative estimate of drug-likeness (QED) is 0.911. The molecular weight excluding hydrogens is 324 g/mol. The fraction of sp³-hybridized carbons (Fsp3) is 0.600. The number of hydrogen-bond acceptors (Lipinski definition) is 4. The van der Waals surface area contributed by atoms with Crippen molar-refractivity contribution in [2.75, 3.05) is 20.2 Å². The molecule has 1 aliphatic carbocycles. The Morgan fingerprint density at radius 1 is 1.32 bits per heavy atom. The average molecular weight is 345 g/mol. The summed E-state index contributed by atoms with van der Waals surface area (Å²) in [5.41, 5.74) is 6.17. The van der Waals surface area contributed by atoms with E-state index in [0.29, 0.717) is 29.8 Å². The zero-order valence-corrected chi connectivity index (χ0v) is 14.1. The molecular formula is C15H21ClN2O3S. The second kappa shape index (κ2) is 6.00. The van der Waals surface area contributed by atoms with Crippen LogP contribution in [0.3, 0.4) is 0 Å². The first-order chi connectivity index (χ1) is 10.4. The van der Waals surface area contributed by atoms with Crippen LogP contribution in [0.15, 0.2) is 23.1 Å². The number of fused-ring (bicyclic) bond motifs is 1. The highest BCUT2D eigenvalue weighted by molar-refractivity contribution is 7.89. The highest BCUT2D eigenvalue weighted by Gasteiger charge is 2.43. The van der Waals surface area contributed by atoms with Crippen LogP contribution >= 0.6 is 11.6 Å². The predicted octanol–water partition coefficient (Wildman–Crippen LogP) is 2.10. The van der Waals surface area contributed by atoms with E-state index in [1.54, 1.807) is 16.4 Å². The third-order valence-electron chi connectivity index (χ3n) is 4.88. The van der Waals surface area contributed by atoms with Crippen molar-refractivity contribution < 1.29 is 13.2 Å². The maximum Gasteiger partial charge on any atom is 0.243 e. The third-order valence-corrected chi connectivity index (χ3v) is 7.00. The number of sulfonamides is 1. The largest absolute Gasteiger partial charge is 0.495 e. The van der Waals surface area contributed by atoms with Crippen molar-refractivity contribution in [2.45, 2.75) is 30.2 Å². The van der Waals surface area contributed by atoms with Crippen molar-refractivity contribution in [1.82, 2.24) is 4.31 Å². The van der Waals surface area contributed by atoms with Crippen LogP contribution in [0.5, 0.6) is 5.75 Å². The number of halogens is 1. The van der Waals surface area contributed by atoms with E-state index in [1.807, 2.05) is 0 Å². The van der Waals surface area contributed by atoms with Gasteiger partial charge in [0.05, 0.1) is 17.0 Å². The van der Waals surface area contributed by atoms with Gasteiger partial charge >= 0.3 is 0 Å². The van der Waals surface area contributed by atoms with Gasteiger partial charge in [-0.3, -0.25) is 0 Å². The van der Waals surface area contributed by atoms with Gasteiger partial charge in [-0.1, -0.05) is 18.0 Å². The molecule has 2 N–H and O–H groups in total. The Labute approximate surface area is 136 Å². The van der Waals surface area contributed by atoms with E-state index in [-0.39, 0.29) is 16.9 Å². The van der Waals surface area contributed by atoms with E-state index < -0.39 is 10.0 Å². The number of benzene rings is 1. The minimum Gasteiger partial charge on any atom is -0.495 e. The summed E-state index contributed by atoms with van der Waals surface area (Å²) < 4.78 is 32.3. The molecule has 122 valence electrons. The van der Waals surface area contributed by atoms with Gasteiger partial charge in [0.1, 0.15) is 5.75 Å². The topological polar surface area (TPSA) is 72.6 Å². The minimum absolute atomic E-state index is 0.110. The Hall–Kier alpha value is -0.820. The van der Waals surface area contributed by atoms with Crippen LogP contribution < -0.4 is 10.5 Å². The fourth-order valence-corrected chi connectivity index (χ4v) is 5.51. The molecule has 0 radical (unpaired) electrons. The normalized spacial score (nSPS) is 29.3. The number of nitrogens with two attached hydrogens (primary N) is 1. The second-order valence-electron chi connectivity index (χ2n) is 6.14. The molecule has 3 unspecified atom stereocenters. The summed E-state index contributed by atoms with van der Waals surface area (Å²) in [6.07, 6.45) is 3.14. The molecule has 2 aliphatic rings. The minimum atomic E-state index is -3.53. The van der Waals surface area contributed by atoms with Crippen LogP contribution in [-0.4, -0.2) is 39.0 Å². The first kappa shape index (κ1) is 16.1. The smallest absolute Gasteiger partial charge is 0.243 e. The molecule has 2 fully saturated rings. The van der Waals surface area contributed by atoms with Crippen LogP contribution in [0.4, 0.5) is 0 Å². The lowest BCUT2D eigenvalue weighted by atomic mass is 9.78. The van der Waals surface area contributed by atoms with Gasteiger partial charge in [-0.2, -0.15) is 4.31 Å². The van der Waals surface area contributed by atoms with Gasteiger partial charge in [-0.25, -0.2) is 8.42 Å². The van der Waals surface area contributed by atoms with Gasteiger partial charge in [0, 0.05) is 19.1 Å². The van der Waals surface area contributed by atoms with E-state index in [2.05, 4.69) is 0 Å². The zero-order chi connectivity index (χ0) is 15.9. The second-order valence-corrected chi connectivity index (χ2v) is 8.48. The maximum absolute atomic E-state index is 12.8. The molecule has 1 aromatic rings. The summed E-state index contributed by atoms with van der Waals surface area (Å²) in [5, 5.41) is 0.303. The lowest BCUT2D eigenvalue weighted by Crippen LogP contribution is -2.38. The molecule has 5 nitrogen and oxygen atoms in total. The molecule has 1 saturated heterocycles. The van der Waals surface area contributed by atoms with Gasteiger partial charge in [0.2, 0.25) is 10.0 Å². The standard InChI is InChI=1S/C15H21ClN2O3S/c1-21-15-6-5-11(7-13(15)16)22(19,20)18-8-10-3-2-4-14(17)12(10)9-18/h5-7,10,12,14H,2-4,8-9,17H2,1H3. The molecule has 1 saturated carbocycles.